The molecule has 1 saturated carbocycles. The summed E-state index contributed by atoms with van der Waals surface area (Å²) in [5.41, 5.74) is 3.06. The summed E-state index contributed by atoms with van der Waals surface area (Å²) in [6.07, 6.45) is 4.68. The molecule has 2 fully saturated rings. The van der Waals surface area contributed by atoms with Gasteiger partial charge in [-0.3, -0.25) is 14.7 Å². The number of amides is 1. The number of hydrogen-bond acceptors (Lipinski definition) is 4. The Bertz CT molecular complexity index is 1160. The number of halogens is 1. The third kappa shape index (κ3) is 3.88. The van der Waals surface area contributed by atoms with Crippen molar-refractivity contribution in [3.63, 3.8) is 0 Å². The number of nitrogens with one attached hydrogen (secondary N) is 1. The molecule has 5 nitrogen and oxygen atoms in total. The van der Waals surface area contributed by atoms with Gasteiger partial charge in [0.25, 0.3) is 5.91 Å². The summed E-state index contributed by atoms with van der Waals surface area (Å²) in [5, 5.41) is 4.96. The van der Waals surface area contributed by atoms with Gasteiger partial charge in [0.05, 0.1) is 11.1 Å². The molecule has 1 aliphatic carbocycles. The maximum Gasteiger partial charge on any atom is 0.252 e. The third-order valence-electron chi connectivity index (χ3n) is 6.64. The molecule has 0 spiro atoms. The Morgan fingerprint density at radius 2 is 2.13 bits per heavy atom. The van der Waals surface area contributed by atoms with Gasteiger partial charge in [-0.2, -0.15) is 0 Å². The van der Waals surface area contributed by atoms with Gasteiger partial charge in [-0.15, -0.1) is 0 Å². The molecule has 1 aliphatic heterocycles. The highest BCUT2D eigenvalue weighted by Gasteiger charge is 2.47. The van der Waals surface area contributed by atoms with Crippen molar-refractivity contribution >= 4 is 28.4 Å². The number of carbonyl (C=O) groups is 1. The number of hydrogen-bond donors (Lipinski definition) is 1. The van der Waals surface area contributed by atoms with Crippen molar-refractivity contribution in [1.82, 2.24) is 15.2 Å². The van der Waals surface area contributed by atoms with Gasteiger partial charge in [0.1, 0.15) is 12.4 Å². The van der Waals surface area contributed by atoms with Crippen LogP contribution >= 0.6 is 11.6 Å². The molecular weight excluding hydrogens is 410 g/mol. The van der Waals surface area contributed by atoms with Crippen LogP contribution in [0.1, 0.15) is 40.7 Å². The Morgan fingerprint density at radius 1 is 1.29 bits per heavy atom. The lowest BCUT2D eigenvalue weighted by molar-refractivity contribution is 0.0767. The van der Waals surface area contributed by atoms with Crippen molar-refractivity contribution in [3.05, 3.63) is 70.4 Å². The minimum Gasteiger partial charge on any atom is -0.492 e. The molecule has 2 aliphatic rings. The summed E-state index contributed by atoms with van der Waals surface area (Å²) >= 11 is 6.37. The molecule has 1 saturated heterocycles. The summed E-state index contributed by atoms with van der Waals surface area (Å²) in [4.78, 5) is 20.0. The number of nitrogens with zero attached hydrogens (tertiary/aromatic N) is 2. The second-order valence-electron chi connectivity index (χ2n) is 8.77. The summed E-state index contributed by atoms with van der Waals surface area (Å²) in [7, 11) is 2.11. The standard InChI is InChI=1S/C25H26ClN3O2/c1-16-5-6-19(31-15-18-7-11-29(18)2)14-21(16)24(30)28-25(8-9-25)22-12-17(26)13-23-20(22)4-3-10-27-23/h3-6,10,12-14,18H,7-9,11,15H2,1-2H3,(H,28,30). The lowest BCUT2D eigenvalue weighted by Crippen LogP contribution is -2.48. The Hall–Kier alpha value is -2.63. The highest BCUT2D eigenvalue weighted by Crippen LogP contribution is 2.48. The van der Waals surface area contributed by atoms with Gasteiger partial charge in [0.15, 0.2) is 0 Å². The van der Waals surface area contributed by atoms with Crippen LogP contribution in [0.25, 0.3) is 10.9 Å². The van der Waals surface area contributed by atoms with E-state index in [9.17, 15) is 4.79 Å². The summed E-state index contributed by atoms with van der Waals surface area (Å²) < 4.78 is 5.98. The van der Waals surface area contributed by atoms with E-state index in [1.54, 1.807) is 6.20 Å². The van der Waals surface area contributed by atoms with E-state index in [1.165, 1.54) is 0 Å². The summed E-state index contributed by atoms with van der Waals surface area (Å²) in [6, 6.07) is 14.0. The molecule has 1 aromatic heterocycles. The SMILES string of the molecule is Cc1ccc(OCC2CCN2C)cc1C(=O)NC1(c2cc(Cl)cc3ncccc23)CC1. The third-order valence-corrected chi connectivity index (χ3v) is 6.86. The minimum atomic E-state index is -0.402. The van der Waals surface area contributed by atoms with Crippen LogP contribution in [-0.2, 0) is 5.54 Å². The lowest BCUT2D eigenvalue weighted by atomic mass is 9.98. The quantitative estimate of drug-likeness (QED) is 0.609. The van der Waals surface area contributed by atoms with Crippen molar-refractivity contribution in [2.45, 2.75) is 37.8 Å². The van der Waals surface area contributed by atoms with Gasteiger partial charge >= 0.3 is 0 Å². The molecule has 160 valence electrons. The van der Waals surface area contributed by atoms with Gasteiger partial charge in [0.2, 0.25) is 0 Å². The van der Waals surface area contributed by atoms with Gasteiger partial charge in [-0.05, 0) is 81.2 Å². The average molecular weight is 436 g/mol. The number of rotatable bonds is 6. The number of likely N-dealkylation sites (N-methyl/N-ethyl adjacent to an activating group) is 1. The molecule has 1 N–H and O–H groups in total. The number of benzene rings is 2. The normalized spacial score (nSPS) is 19.6. The van der Waals surface area contributed by atoms with Crippen LogP contribution in [0.3, 0.4) is 0 Å². The van der Waals surface area contributed by atoms with Crippen molar-refractivity contribution < 1.29 is 9.53 Å². The van der Waals surface area contributed by atoms with Crippen LogP contribution in [0.15, 0.2) is 48.7 Å². The Labute approximate surface area is 187 Å². The predicted molar refractivity (Wildman–Crippen MR) is 123 cm³/mol. The number of aryl methyl sites for hydroxylation is 1. The van der Waals surface area contributed by atoms with Crippen LogP contribution in [0.5, 0.6) is 5.75 Å². The molecule has 6 heteroatoms. The largest absolute Gasteiger partial charge is 0.492 e. The van der Waals surface area contributed by atoms with Crippen molar-refractivity contribution in [3.8, 4) is 5.75 Å². The van der Waals surface area contributed by atoms with E-state index in [0.717, 1.165) is 53.6 Å². The molecule has 3 aromatic rings. The Morgan fingerprint density at radius 3 is 2.84 bits per heavy atom. The van der Waals surface area contributed by atoms with E-state index >= 15 is 0 Å². The highest BCUT2D eigenvalue weighted by atomic mass is 35.5. The second kappa shape index (κ2) is 7.81. The van der Waals surface area contributed by atoms with Crippen LogP contribution in [0.4, 0.5) is 0 Å². The first kappa shape index (κ1) is 20.3. The maximum atomic E-state index is 13.3. The molecule has 1 amide bonds. The fourth-order valence-electron chi connectivity index (χ4n) is 4.32. The van der Waals surface area contributed by atoms with Crippen LogP contribution in [0, 0.1) is 6.92 Å². The zero-order valence-corrected chi connectivity index (χ0v) is 18.6. The molecule has 0 bridgehead atoms. The molecule has 2 heterocycles. The van der Waals surface area contributed by atoms with E-state index in [4.69, 9.17) is 16.3 Å². The fraction of sp³-hybridized carbons (Fsp3) is 0.360. The van der Waals surface area contributed by atoms with E-state index in [-0.39, 0.29) is 5.91 Å². The minimum absolute atomic E-state index is 0.0850. The molecule has 1 unspecified atom stereocenters. The first-order valence-corrected chi connectivity index (χ1v) is 11.1. The van der Waals surface area contributed by atoms with E-state index in [1.807, 2.05) is 49.4 Å². The maximum absolute atomic E-state index is 13.3. The fourth-order valence-corrected chi connectivity index (χ4v) is 4.54. The first-order chi connectivity index (χ1) is 14.9. The second-order valence-corrected chi connectivity index (χ2v) is 9.21. The average Bonchev–Trinajstić information content (AvgIpc) is 3.53. The number of pyridine rings is 1. The van der Waals surface area contributed by atoms with Crippen LogP contribution < -0.4 is 10.1 Å². The van der Waals surface area contributed by atoms with E-state index in [2.05, 4.69) is 22.2 Å². The topological polar surface area (TPSA) is 54.5 Å². The van der Waals surface area contributed by atoms with E-state index in [0.29, 0.717) is 23.2 Å². The predicted octanol–water partition coefficient (Wildman–Crippen LogP) is 4.70. The van der Waals surface area contributed by atoms with Gasteiger partial charge in [-0.1, -0.05) is 23.7 Å². The number of likely N-dealkylation sites (tertiary alicyclic amines) is 1. The highest BCUT2D eigenvalue weighted by molar-refractivity contribution is 6.31. The van der Waals surface area contributed by atoms with Gasteiger partial charge in [0, 0.05) is 28.2 Å². The van der Waals surface area contributed by atoms with Gasteiger partial charge < -0.3 is 10.1 Å². The van der Waals surface area contributed by atoms with Gasteiger partial charge in [-0.25, -0.2) is 0 Å². The Balaban J connectivity index is 1.38. The molecule has 31 heavy (non-hydrogen) atoms. The molecule has 5 rings (SSSR count). The number of carbonyl (C=O) groups excluding carboxylic acids is 1. The van der Waals surface area contributed by atoms with Crippen LogP contribution in [0.2, 0.25) is 5.02 Å². The van der Waals surface area contributed by atoms with Crippen molar-refractivity contribution in [2.24, 2.45) is 0 Å². The summed E-state index contributed by atoms with van der Waals surface area (Å²) in [6.45, 7) is 3.72. The Kier molecular flexibility index (Phi) is 5.11. The van der Waals surface area contributed by atoms with Crippen molar-refractivity contribution in [2.75, 3.05) is 20.2 Å². The van der Waals surface area contributed by atoms with Crippen LogP contribution in [-0.4, -0.2) is 42.0 Å². The number of fused-ring (bicyclic) bond motifs is 1. The van der Waals surface area contributed by atoms with Crippen molar-refractivity contribution in [1.29, 1.82) is 0 Å². The number of aromatic nitrogens is 1. The monoisotopic (exact) mass is 435 g/mol. The zero-order chi connectivity index (χ0) is 21.6. The molecule has 2 aromatic carbocycles. The smallest absolute Gasteiger partial charge is 0.252 e. The zero-order valence-electron chi connectivity index (χ0n) is 17.8. The number of ether oxygens (including phenoxy) is 1. The summed E-state index contributed by atoms with van der Waals surface area (Å²) in [5.74, 6) is 0.650. The first-order valence-electron chi connectivity index (χ1n) is 10.8. The molecule has 0 radical (unpaired) electrons. The lowest BCUT2D eigenvalue weighted by Gasteiger charge is -2.37. The molecular formula is C25H26ClN3O2. The molecule has 1 atom stereocenters. The van der Waals surface area contributed by atoms with E-state index < -0.39 is 5.54 Å².